The Morgan fingerprint density at radius 3 is 2.36 bits per heavy atom. The summed E-state index contributed by atoms with van der Waals surface area (Å²) in [5, 5.41) is 0. The van der Waals surface area contributed by atoms with Crippen LogP contribution in [0, 0.1) is 0 Å². The van der Waals surface area contributed by atoms with Crippen LogP contribution in [0.2, 0.25) is 19.1 Å². The predicted molar refractivity (Wildman–Crippen MR) is 44.6 cm³/mol. The van der Waals surface area contributed by atoms with Crippen LogP contribution in [0.5, 0.6) is 0 Å². The maximum absolute atomic E-state index is 12.1. The number of rotatable bonds is 4. The molecule has 11 heavy (non-hydrogen) atoms. The van der Waals surface area contributed by atoms with Gasteiger partial charge in [0.25, 0.3) is 0 Å². The van der Waals surface area contributed by atoms with Crippen molar-refractivity contribution in [2.75, 3.05) is 0 Å². The van der Waals surface area contributed by atoms with Gasteiger partial charge >= 0.3 is 7.91 Å². The van der Waals surface area contributed by atoms with E-state index in [-0.39, 0.29) is 0 Å². The second kappa shape index (κ2) is 3.80. The van der Waals surface area contributed by atoms with E-state index in [1.165, 1.54) is 0 Å². The van der Waals surface area contributed by atoms with E-state index >= 15 is 0 Å². The Kier molecular flexibility index (Phi) is 3.91. The molecule has 0 aliphatic carbocycles. The van der Waals surface area contributed by atoms with Crippen molar-refractivity contribution in [3.05, 3.63) is 0 Å². The summed E-state index contributed by atoms with van der Waals surface area (Å²) in [6.07, 6.45) is 0.846. The van der Waals surface area contributed by atoms with E-state index < -0.39 is 16.2 Å². The van der Waals surface area contributed by atoms with Gasteiger partial charge in [0.15, 0.2) is 0 Å². The summed E-state index contributed by atoms with van der Waals surface area (Å²) < 4.78 is 26.8. The summed E-state index contributed by atoms with van der Waals surface area (Å²) >= 11 is 0. The highest BCUT2D eigenvalue weighted by Crippen LogP contribution is 2.47. The fourth-order valence-corrected chi connectivity index (χ4v) is 4.96. The highest BCUT2D eigenvalue weighted by Gasteiger charge is 2.31. The van der Waals surface area contributed by atoms with Crippen LogP contribution in [0.15, 0.2) is 0 Å². The van der Waals surface area contributed by atoms with E-state index in [1.807, 2.05) is 6.92 Å². The van der Waals surface area contributed by atoms with E-state index in [9.17, 15) is 8.76 Å². The Labute approximate surface area is 67.4 Å². The van der Waals surface area contributed by atoms with Gasteiger partial charge in [-0.25, -0.2) is 4.57 Å². The number of hydrogen-bond acceptors (Lipinski definition) is 2. The first kappa shape index (κ1) is 11.3. The molecule has 0 rings (SSSR count). The van der Waals surface area contributed by atoms with Crippen LogP contribution in [0.3, 0.4) is 0 Å². The average Bonchev–Trinajstić information content (AvgIpc) is 1.55. The van der Waals surface area contributed by atoms with E-state index in [4.69, 9.17) is 4.89 Å². The van der Waals surface area contributed by atoms with Gasteiger partial charge in [0.1, 0.15) is 0 Å². The number of hydrogen-bond donors (Lipinski definition) is 1. The molecular formula is C5H14FO3PSi. The van der Waals surface area contributed by atoms with Gasteiger partial charge in [0.2, 0.25) is 8.32 Å². The van der Waals surface area contributed by atoms with Crippen molar-refractivity contribution in [3.63, 3.8) is 0 Å². The summed E-state index contributed by atoms with van der Waals surface area (Å²) in [5.74, 6) is 0. The highest BCUT2D eigenvalue weighted by atomic mass is 31.2. The molecule has 0 amide bonds. The molecule has 0 aromatic rings. The zero-order valence-electron chi connectivity index (χ0n) is 7.00. The Morgan fingerprint density at radius 1 is 1.64 bits per heavy atom. The molecule has 0 fully saturated rings. The zero-order valence-corrected chi connectivity index (χ0v) is 8.90. The summed E-state index contributed by atoms with van der Waals surface area (Å²) in [5.41, 5.74) is 0. The van der Waals surface area contributed by atoms with Gasteiger partial charge in [-0.1, -0.05) is 13.3 Å². The van der Waals surface area contributed by atoms with Gasteiger partial charge in [0.05, 0.1) is 0 Å². The lowest BCUT2D eigenvalue weighted by Gasteiger charge is -2.20. The molecular weight excluding hydrogens is 186 g/mol. The smallest absolute Gasteiger partial charge is 0.327 e. The van der Waals surface area contributed by atoms with Crippen LogP contribution >= 0.6 is 7.91 Å². The molecule has 1 atom stereocenters. The van der Waals surface area contributed by atoms with E-state index in [2.05, 4.69) is 4.21 Å². The molecule has 0 aromatic heterocycles. The van der Waals surface area contributed by atoms with Crippen molar-refractivity contribution in [1.82, 2.24) is 0 Å². The van der Waals surface area contributed by atoms with Gasteiger partial charge in [-0.15, -0.1) is 4.20 Å². The van der Waals surface area contributed by atoms with Gasteiger partial charge < -0.3 is 4.21 Å². The van der Waals surface area contributed by atoms with Crippen LogP contribution in [-0.4, -0.2) is 13.2 Å². The van der Waals surface area contributed by atoms with Crippen LogP contribution in [0.1, 0.15) is 13.3 Å². The third-order valence-corrected chi connectivity index (χ3v) is 5.79. The molecule has 3 nitrogen and oxygen atoms in total. The predicted octanol–water partition coefficient (Wildman–Crippen LogP) is 2.69. The van der Waals surface area contributed by atoms with Crippen LogP contribution in [0.25, 0.3) is 0 Å². The standard InChI is InChI=1S/C5H14FO3PSi/c1-4-5-11(2,3)9-10(6,7)8/h4-5H2,1-3H3,(H,7,8). The molecule has 0 aromatic carbocycles. The van der Waals surface area contributed by atoms with Gasteiger partial charge in [-0.2, -0.15) is 0 Å². The van der Waals surface area contributed by atoms with Crippen molar-refractivity contribution in [1.29, 1.82) is 0 Å². The molecule has 0 aliphatic rings. The monoisotopic (exact) mass is 200 g/mol. The Morgan fingerprint density at radius 2 is 2.09 bits per heavy atom. The Balaban J connectivity index is 4.02. The molecule has 68 valence electrons. The molecule has 0 heterocycles. The van der Waals surface area contributed by atoms with Crippen molar-refractivity contribution in [2.45, 2.75) is 32.5 Å². The second-order valence-electron chi connectivity index (χ2n) is 3.05. The minimum atomic E-state index is -4.76. The minimum absolute atomic E-state index is 0.696. The molecule has 0 spiro atoms. The number of halogens is 1. The maximum atomic E-state index is 12.1. The molecule has 0 saturated carbocycles. The Hall–Kier alpha value is 0.297. The van der Waals surface area contributed by atoms with Crippen molar-refractivity contribution in [3.8, 4) is 0 Å². The fourth-order valence-electron chi connectivity index (χ4n) is 0.953. The lowest BCUT2D eigenvalue weighted by Crippen LogP contribution is -2.27. The summed E-state index contributed by atoms with van der Waals surface area (Å²) in [7, 11) is -6.98. The summed E-state index contributed by atoms with van der Waals surface area (Å²) in [6, 6.07) is 0.696. The van der Waals surface area contributed by atoms with Crippen LogP contribution in [0.4, 0.5) is 4.20 Å². The first-order valence-electron chi connectivity index (χ1n) is 3.50. The normalized spacial score (nSPS) is 17.9. The zero-order chi connectivity index (χ0) is 9.12. The summed E-state index contributed by atoms with van der Waals surface area (Å²) in [6.45, 7) is 5.37. The largest absolute Gasteiger partial charge is 0.500 e. The SMILES string of the molecule is CCC[Si](C)(C)OP(=O)(O)F. The Bertz CT molecular complexity index is 167. The lowest BCUT2D eigenvalue weighted by molar-refractivity contribution is 0.326. The van der Waals surface area contributed by atoms with Crippen molar-refractivity contribution < 1.29 is 17.9 Å². The van der Waals surface area contributed by atoms with Gasteiger partial charge in [-0.3, -0.25) is 4.89 Å². The van der Waals surface area contributed by atoms with Crippen molar-refractivity contribution >= 4 is 16.2 Å². The topological polar surface area (TPSA) is 46.5 Å². The van der Waals surface area contributed by atoms with E-state index in [0.29, 0.717) is 6.04 Å². The van der Waals surface area contributed by atoms with Crippen LogP contribution < -0.4 is 0 Å². The molecule has 0 bridgehead atoms. The molecule has 1 unspecified atom stereocenters. The van der Waals surface area contributed by atoms with E-state index in [1.54, 1.807) is 13.1 Å². The van der Waals surface area contributed by atoms with Crippen molar-refractivity contribution in [2.24, 2.45) is 0 Å². The highest BCUT2D eigenvalue weighted by molar-refractivity contribution is 7.48. The lowest BCUT2D eigenvalue weighted by atomic mass is 10.6. The van der Waals surface area contributed by atoms with E-state index in [0.717, 1.165) is 6.42 Å². The molecule has 0 radical (unpaired) electrons. The molecule has 6 heteroatoms. The molecule has 0 aliphatic heterocycles. The first-order valence-corrected chi connectivity index (χ1v) is 8.08. The molecule has 1 N–H and O–H groups in total. The average molecular weight is 200 g/mol. The first-order chi connectivity index (χ1) is 4.77. The summed E-state index contributed by atoms with van der Waals surface area (Å²) in [4.78, 5) is 8.28. The molecule has 0 saturated heterocycles. The quantitative estimate of drug-likeness (QED) is 0.560. The minimum Gasteiger partial charge on any atom is -0.327 e. The third-order valence-electron chi connectivity index (χ3n) is 1.21. The third kappa shape index (κ3) is 6.69. The van der Waals surface area contributed by atoms with Gasteiger partial charge in [-0.05, 0) is 19.1 Å². The maximum Gasteiger partial charge on any atom is 0.500 e. The fraction of sp³-hybridized carbons (Fsp3) is 1.00. The van der Waals surface area contributed by atoms with Crippen LogP contribution in [-0.2, 0) is 8.78 Å². The second-order valence-corrected chi connectivity index (χ2v) is 8.70. The van der Waals surface area contributed by atoms with Gasteiger partial charge in [0, 0.05) is 0 Å².